The summed E-state index contributed by atoms with van der Waals surface area (Å²) in [5.74, 6) is 0.604. The molecule has 0 N–H and O–H groups in total. The molecule has 0 aliphatic rings. The minimum Gasteiger partial charge on any atom is -0.122 e. The molecule has 1 heteroatoms. The van der Waals surface area contributed by atoms with Gasteiger partial charge in [-0.3, -0.25) is 0 Å². The van der Waals surface area contributed by atoms with E-state index in [1.807, 2.05) is 19.9 Å². The normalized spacial score (nSPS) is 11.6. The first kappa shape index (κ1) is 7.77. The van der Waals surface area contributed by atoms with Crippen LogP contribution in [-0.4, -0.2) is 5.88 Å². The zero-order chi connectivity index (χ0) is 6.57. The van der Waals surface area contributed by atoms with Crippen molar-refractivity contribution in [2.24, 2.45) is 0 Å². The van der Waals surface area contributed by atoms with Gasteiger partial charge in [0.1, 0.15) is 0 Å². The third kappa shape index (κ3) is 3.94. The van der Waals surface area contributed by atoms with Crippen molar-refractivity contribution in [3.63, 3.8) is 0 Å². The molecule has 0 aromatic carbocycles. The zero-order valence-electron chi connectivity index (χ0n) is 5.37. The van der Waals surface area contributed by atoms with E-state index in [9.17, 15) is 0 Å². The third-order valence-electron chi connectivity index (χ3n) is 0.704. The van der Waals surface area contributed by atoms with E-state index in [0.717, 1.165) is 5.57 Å². The minimum absolute atomic E-state index is 0.604. The Morgan fingerprint density at radius 2 is 2.12 bits per heavy atom. The molecule has 0 aromatic rings. The predicted molar refractivity (Wildman–Crippen MR) is 39.3 cm³/mol. The summed E-state index contributed by atoms with van der Waals surface area (Å²) in [7, 11) is 0. The Morgan fingerprint density at radius 1 is 1.62 bits per heavy atom. The summed E-state index contributed by atoms with van der Waals surface area (Å²) in [5, 5.41) is 0. The minimum atomic E-state index is 0.604. The van der Waals surface area contributed by atoms with Crippen LogP contribution in [0.4, 0.5) is 0 Å². The fourth-order valence-corrected chi connectivity index (χ4v) is 0.536. The summed E-state index contributed by atoms with van der Waals surface area (Å²) in [5.41, 5.74) is 2.22. The molecule has 0 saturated carbocycles. The van der Waals surface area contributed by atoms with Gasteiger partial charge in [0.15, 0.2) is 0 Å². The quantitative estimate of drug-likeness (QED) is 0.398. The van der Waals surface area contributed by atoms with Crippen molar-refractivity contribution in [3.05, 3.63) is 23.8 Å². The van der Waals surface area contributed by atoms with Gasteiger partial charge in [-0.1, -0.05) is 23.8 Å². The summed E-state index contributed by atoms with van der Waals surface area (Å²) in [6.07, 6.45) is 1.98. The molecule has 0 aromatic heterocycles. The zero-order valence-corrected chi connectivity index (χ0v) is 6.13. The summed E-state index contributed by atoms with van der Waals surface area (Å²) < 4.78 is 0. The molecule has 46 valence electrons. The van der Waals surface area contributed by atoms with Crippen LogP contribution in [0.15, 0.2) is 23.8 Å². The monoisotopic (exact) mass is 130 g/mol. The van der Waals surface area contributed by atoms with E-state index in [0.29, 0.717) is 5.88 Å². The van der Waals surface area contributed by atoms with Crippen LogP contribution >= 0.6 is 11.6 Å². The molecule has 0 heterocycles. The summed E-state index contributed by atoms with van der Waals surface area (Å²) in [6, 6.07) is 0. The molecule has 0 atom stereocenters. The van der Waals surface area contributed by atoms with Gasteiger partial charge in [0.2, 0.25) is 0 Å². The molecule has 0 bridgehead atoms. The smallest absolute Gasteiger partial charge is 0.0434 e. The lowest BCUT2D eigenvalue weighted by Crippen LogP contribution is -1.75. The van der Waals surface area contributed by atoms with E-state index < -0.39 is 0 Å². The highest BCUT2D eigenvalue weighted by Crippen LogP contribution is 1.99. The van der Waals surface area contributed by atoms with E-state index in [1.54, 1.807) is 0 Å². The Balaban J connectivity index is 3.75. The number of rotatable bonds is 2. The average Bonchev–Trinajstić information content (AvgIpc) is 1.65. The van der Waals surface area contributed by atoms with Crippen molar-refractivity contribution in [3.8, 4) is 0 Å². The van der Waals surface area contributed by atoms with Gasteiger partial charge in [-0.05, 0) is 13.8 Å². The average molecular weight is 131 g/mol. The molecule has 0 fully saturated rings. The first-order chi connectivity index (χ1) is 3.66. The Hall–Kier alpha value is -0.230. The van der Waals surface area contributed by atoms with Gasteiger partial charge in [0, 0.05) is 5.88 Å². The van der Waals surface area contributed by atoms with Crippen LogP contribution in [0.25, 0.3) is 0 Å². The molecular weight excluding hydrogens is 120 g/mol. The van der Waals surface area contributed by atoms with Crippen LogP contribution in [0.2, 0.25) is 0 Å². The van der Waals surface area contributed by atoms with E-state index in [-0.39, 0.29) is 0 Å². The predicted octanol–water partition coefficient (Wildman–Crippen LogP) is 2.75. The maximum atomic E-state index is 5.49. The molecule has 0 radical (unpaired) electrons. The number of allylic oxidation sites excluding steroid dienone is 3. The highest BCUT2D eigenvalue weighted by atomic mass is 35.5. The Labute approximate surface area is 55.9 Å². The lowest BCUT2D eigenvalue weighted by atomic mass is 10.2. The van der Waals surface area contributed by atoms with Crippen molar-refractivity contribution < 1.29 is 0 Å². The Kier molecular flexibility index (Phi) is 3.63. The van der Waals surface area contributed by atoms with E-state index in [1.165, 1.54) is 5.57 Å². The van der Waals surface area contributed by atoms with Crippen molar-refractivity contribution in [1.82, 2.24) is 0 Å². The fourth-order valence-electron chi connectivity index (χ4n) is 0.459. The third-order valence-corrected chi connectivity index (χ3v) is 1.13. The van der Waals surface area contributed by atoms with Crippen LogP contribution < -0.4 is 0 Å². The summed E-state index contributed by atoms with van der Waals surface area (Å²) in [4.78, 5) is 0. The Morgan fingerprint density at radius 3 is 2.25 bits per heavy atom. The van der Waals surface area contributed by atoms with Crippen molar-refractivity contribution >= 4 is 11.6 Å². The molecule has 0 rings (SSSR count). The van der Waals surface area contributed by atoms with Crippen molar-refractivity contribution in [2.45, 2.75) is 13.8 Å². The van der Waals surface area contributed by atoms with Gasteiger partial charge in [-0.2, -0.15) is 0 Å². The molecule has 0 unspecified atom stereocenters. The van der Waals surface area contributed by atoms with E-state index in [4.69, 9.17) is 11.6 Å². The lowest BCUT2D eigenvalue weighted by molar-refractivity contribution is 1.36. The molecule has 0 spiro atoms. The van der Waals surface area contributed by atoms with Gasteiger partial charge >= 0.3 is 0 Å². The number of halogens is 1. The number of hydrogen-bond donors (Lipinski definition) is 0. The molecule has 0 aliphatic heterocycles. The molecule has 0 saturated heterocycles. The second-order valence-corrected chi connectivity index (χ2v) is 2.24. The Bertz CT molecular complexity index is 112. The van der Waals surface area contributed by atoms with Crippen molar-refractivity contribution in [1.29, 1.82) is 0 Å². The van der Waals surface area contributed by atoms with Crippen LogP contribution in [0.5, 0.6) is 0 Å². The van der Waals surface area contributed by atoms with E-state index >= 15 is 0 Å². The second kappa shape index (κ2) is 3.73. The topological polar surface area (TPSA) is 0 Å². The van der Waals surface area contributed by atoms with Crippen LogP contribution in [-0.2, 0) is 0 Å². The first-order valence-corrected chi connectivity index (χ1v) is 3.09. The second-order valence-electron chi connectivity index (χ2n) is 1.97. The van der Waals surface area contributed by atoms with Gasteiger partial charge in [-0.25, -0.2) is 0 Å². The highest BCUT2D eigenvalue weighted by Gasteiger charge is 1.82. The van der Waals surface area contributed by atoms with Gasteiger partial charge < -0.3 is 0 Å². The van der Waals surface area contributed by atoms with Crippen molar-refractivity contribution in [2.75, 3.05) is 5.88 Å². The van der Waals surface area contributed by atoms with E-state index in [2.05, 4.69) is 6.58 Å². The number of alkyl halides is 1. The lowest BCUT2D eigenvalue weighted by Gasteiger charge is -1.90. The van der Waals surface area contributed by atoms with Gasteiger partial charge in [-0.15, -0.1) is 11.6 Å². The fraction of sp³-hybridized carbons (Fsp3) is 0.429. The molecule has 0 aliphatic carbocycles. The SMILES string of the molecule is C=C(C)/C=C(\C)CCl. The maximum Gasteiger partial charge on any atom is 0.0434 e. The standard InChI is InChI=1S/C7H11Cl/c1-6(2)4-7(3)5-8/h4H,1,5H2,2-3H3/b7-4+. The molecule has 0 nitrogen and oxygen atoms in total. The summed E-state index contributed by atoms with van der Waals surface area (Å²) >= 11 is 5.49. The van der Waals surface area contributed by atoms with Gasteiger partial charge in [0.25, 0.3) is 0 Å². The number of hydrogen-bond acceptors (Lipinski definition) is 0. The molecular formula is C7H11Cl. The van der Waals surface area contributed by atoms with Crippen LogP contribution in [0, 0.1) is 0 Å². The first-order valence-electron chi connectivity index (χ1n) is 2.55. The molecule has 0 amide bonds. The highest BCUT2D eigenvalue weighted by molar-refractivity contribution is 6.19. The van der Waals surface area contributed by atoms with Gasteiger partial charge in [0.05, 0.1) is 0 Å². The molecule has 8 heavy (non-hydrogen) atoms. The maximum absolute atomic E-state index is 5.49. The summed E-state index contributed by atoms with van der Waals surface area (Å²) in [6.45, 7) is 7.65. The van der Waals surface area contributed by atoms with Crippen LogP contribution in [0.3, 0.4) is 0 Å². The largest absolute Gasteiger partial charge is 0.122 e. The van der Waals surface area contributed by atoms with Crippen LogP contribution in [0.1, 0.15) is 13.8 Å².